The fourth-order valence-corrected chi connectivity index (χ4v) is 1.70. The molecule has 0 aliphatic rings. The number of benzene rings is 1. The standard InChI is InChI=1S/C14H20N2O3/c1-3-7-16(8-9-17)14(18)11-5-6-13(19-4-2)12(15)10-11/h3,5-6,10,17H,1,4,7-9,15H2,2H3. The molecule has 1 rings (SSSR count). The summed E-state index contributed by atoms with van der Waals surface area (Å²) in [5, 5.41) is 8.95. The number of carbonyl (C=O) groups is 1. The number of ether oxygens (including phenoxy) is 1. The first kappa shape index (κ1) is 15.0. The summed E-state index contributed by atoms with van der Waals surface area (Å²) in [7, 11) is 0. The lowest BCUT2D eigenvalue weighted by atomic mass is 10.1. The van der Waals surface area contributed by atoms with Crippen molar-refractivity contribution >= 4 is 11.6 Å². The van der Waals surface area contributed by atoms with Crippen molar-refractivity contribution in [3.8, 4) is 5.75 Å². The summed E-state index contributed by atoms with van der Waals surface area (Å²) >= 11 is 0. The lowest BCUT2D eigenvalue weighted by molar-refractivity contribution is 0.0743. The van der Waals surface area contributed by atoms with Gasteiger partial charge in [0.15, 0.2) is 0 Å². The minimum Gasteiger partial charge on any atom is -0.492 e. The number of aliphatic hydroxyl groups excluding tert-OH is 1. The second-order valence-electron chi connectivity index (χ2n) is 3.95. The monoisotopic (exact) mass is 264 g/mol. The van der Waals surface area contributed by atoms with Gasteiger partial charge in [0.05, 0.1) is 18.9 Å². The molecule has 0 spiro atoms. The summed E-state index contributed by atoms with van der Waals surface area (Å²) in [6, 6.07) is 4.93. The molecular formula is C14H20N2O3. The number of rotatable bonds is 7. The van der Waals surface area contributed by atoms with Crippen LogP contribution in [0.5, 0.6) is 5.75 Å². The van der Waals surface area contributed by atoms with Gasteiger partial charge in [0.1, 0.15) is 5.75 Å². The van der Waals surface area contributed by atoms with Gasteiger partial charge in [-0.25, -0.2) is 0 Å². The minimum absolute atomic E-state index is 0.0912. The Hall–Kier alpha value is -2.01. The zero-order valence-electron chi connectivity index (χ0n) is 11.1. The second-order valence-corrected chi connectivity index (χ2v) is 3.95. The number of nitrogens with zero attached hydrogens (tertiary/aromatic N) is 1. The van der Waals surface area contributed by atoms with E-state index in [9.17, 15) is 4.79 Å². The third-order valence-corrected chi connectivity index (χ3v) is 2.56. The highest BCUT2D eigenvalue weighted by molar-refractivity contribution is 5.95. The molecule has 3 N–H and O–H groups in total. The SMILES string of the molecule is C=CCN(CCO)C(=O)c1ccc(OCC)c(N)c1. The molecule has 0 fully saturated rings. The highest BCUT2D eigenvalue weighted by atomic mass is 16.5. The van der Waals surface area contributed by atoms with E-state index in [0.29, 0.717) is 30.2 Å². The van der Waals surface area contributed by atoms with Gasteiger partial charge in [0.2, 0.25) is 0 Å². The van der Waals surface area contributed by atoms with Crippen LogP contribution < -0.4 is 10.5 Å². The number of anilines is 1. The van der Waals surface area contributed by atoms with E-state index < -0.39 is 0 Å². The molecule has 1 aromatic carbocycles. The number of hydrogen-bond acceptors (Lipinski definition) is 4. The Balaban J connectivity index is 2.91. The maximum Gasteiger partial charge on any atom is 0.254 e. The number of amides is 1. The average molecular weight is 264 g/mol. The lowest BCUT2D eigenvalue weighted by Crippen LogP contribution is -2.33. The first-order valence-corrected chi connectivity index (χ1v) is 6.17. The van der Waals surface area contributed by atoms with Crippen LogP contribution in [0.2, 0.25) is 0 Å². The van der Waals surface area contributed by atoms with E-state index in [0.717, 1.165) is 0 Å². The van der Waals surface area contributed by atoms with Gasteiger partial charge in [-0.1, -0.05) is 6.08 Å². The predicted octanol–water partition coefficient (Wildman–Crippen LogP) is 1.29. The number of hydrogen-bond donors (Lipinski definition) is 2. The Bertz CT molecular complexity index is 446. The number of nitrogen functional groups attached to an aromatic ring is 1. The van der Waals surface area contributed by atoms with Gasteiger partial charge in [-0.3, -0.25) is 4.79 Å². The highest BCUT2D eigenvalue weighted by Gasteiger charge is 2.15. The minimum atomic E-state index is -0.191. The third kappa shape index (κ3) is 3.99. The molecule has 1 aromatic rings. The highest BCUT2D eigenvalue weighted by Crippen LogP contribution is 2.23. The summed E-state index contributed by atoms with van der Waals surface area (Å²) < 4.78 is 5.32. The molecule has 1 amide bonds. The molecule has 0 bridgehead atoms. The van der Waals surface area contributed by atoms with Crippen molar-refractivity contribution in [3.05, 3.63) is 36.4 Å². The van der Waals surface area contributed by atoms with Crippen molar-refractivity contribution in [1.82, 2.24) is 4.90 Å². The molecule has 0 atom stereocenters. The first-order chi connectivity index (χ1) is 9.13. The molecule has 0 saturated heterocycles. The van der Waals surface area contributed by atoms with E-state index in [-0.39, 0.29) is 19.1 Å². The summed E-state index contributed by atoms with van der Waals surface area (Å²) in [6.45, 7) is 6.53. The molecule has 19 heavy (non-hydrogen) atoms. The van der Waals surface area contributed by atoms with E-state index in [2.05, 4.69) is 6.58 Å². The van der Waals surface area contributed by atoms with Gasteiger partial charge in [0, 0.05) is 18.7 Å². The Morgan fingerprint density at radius 3 is 2.84 bits per heavy atom. The molecule has 104 valence electrons. The predicted molar refractivity (Wildman–Crippen MR) is 75.2 cm³/mol. The Kier molecular flexibility index (Phi) is 5.89. The second kappa shape index (κ2) is 7.43. The van der Waals surface area contributed by atoms with Gasteiger partial charge in [-0.2, -0.15) is 0 Å². The molecule has 0 saturated carbocycles. The van der Waals surface area contributed by atoms with Crippen LogP contribution in [0.4, 0.5) is 5.69 Å². The normalized spacial score (nSPS) is 10.0. The molecule has 5 heteroatoms. The molecule has 0 heterocycles. The average Bonchev–Trinajstić information content (AvgIpc) is 2.40. The van der Waals surface area contributed by atoms with Crippen LogP contribution in [0.25, 0.3) is 0 Å². The zero-order chi connectivity index (χ0) is 14.3. The summed E-state index contributed by atoms with van der Waals surface area (Å²) in [5.41, 5.74) is 6.72. The van der Waals surface area contributed by atoms with E-state index in [1.54, 1.807) is 24.3 Å². The number of nitrogens with two attached hydrogens (primary N) is 1. The van der Waals surface area contributed by atoms with E-state index in [4.69, 9.17) is 15.6 Å². The fraction of sp³-hybridized carbons (Fsp3) is 0.357. The molecule has 0 aliphatic heterocycles. The molecular weight excluding hydrogens is 244 g/mol. The molecule has 0 unspecified atom stereocenters. The Morgan fingerprint density at radius 1 is 1.58 bits per heavy atom. The van der Waals surface area contributed by atoms with Crippen LogP contribution in [-0.4, -0.2) is 42.2 Å². The van der Waals surface area contributed by atoms with Gasteiger partial charge in [-0.15, -0.1) is 6.58 Å². The summed E-state index contributed by atoms with van der Waals surface area (Å²) in [6.07, 6.45) is 1.62. The molecule has 0 radical (unpaired) electrons. The largest absolute Gasteiger partial charge is 0.492 e. The quantitative estimate of drug-likeness (QED) is 0.574. The first-order valence-electron chi connectivity index (χ1n) is 6.17. The molecule has 0 aliphatic carbocycles. The van der Waals surface area contributed by atoms with Crippen molar-refractivity contribution in [2.24, 2.45) is 0 Å². The van der Waals surface area contributed by atoms with Gasteiger partial charge >= 0.3 is 0 Å². The summed E-state index contributed by atoms with van der Waals surface area (Å²) in [5.74, 6) is 0.375. The molecule has 0 aromatic heterocycles. The van der Waals surface area contributed by atoms with Crippen LogP contribution in [0.15, 0.2) is 30.9 Å². The van der Waals surface area contributed by atoms with Crippen molar-refractivity contribution in [1.29, 1.82) is 0 Å². The van der Waals surface area contributed by atoms with Crippen molar-refractivity contribution < 1.29 is 14.6 Å². The zero-order valence-corrected chi connectivity index (χ0v) is 11.1. The van der Waals surface area contributed by atoms with Crippen molar-refractivity contribution in [2.45, 2.75) is 6.92 Å². The smallest absolute Gasteiger partial charge is 0.254 e. The van der Waals surface area contributed by atoms with E-state index in [1.807, 2.05) is 6.92 Å². The third-order valence-electron chi connectivity index (χ3n) is 2.56. The van der Waals surface area contributed by atoms with Crippen LogP contribution in [-0.2, 0) is 0 Å². The van der Waals surface area contributed by atoms with Crippen LogP contribution in [0, 0.1) is 0 Å². The maximum absolute atomic E-state index is 12.2. The van der Waals surface area contributed by atoms with Crippen molar-refractivity contribution in [2.75, 3.05) is 32.0 Å². The topological polar surface area (TPSA) is 75.8 Å². The van der Waals surface area contributed by atoms with Gasteiger partial charge in [0.25, 0.3) is 5.91 Å². The Labute approximate surface area is 113 Å². The van der Waals surface area contributed by atoms with Gasteiger partial charge < -0.3 is 20.5 Å². The fourth-order valence-electron chi connectivity index (χ4n) is 1.70. The number of carbonyl (C=O) groups excluding carboxylic acids is 1. The van der Waals surface area contributed by atoms with Crippen LogP contribution >= 0.6 is 0 Å². The van der Waals surface area contributed by atoms with Crippen LogP contribution in [0.3, 0.4) is 0 Å². The summed E-state index contributed by atoms with van der Waals surface area (Å²) in [4.78, 5) is 13.7. The Morgan fingerprint density at radius 2 is 2.32 bits per heavy atom. The molecule has 5 nitrogen and oxygen atoms in total. The maximum atomic E-state index is 12.2. The van der Waals surface area contributed by atoms with E-state index >= 15 is 0 Å². The number of aliphatic hydroxyl groups is 1. The lowest BCUT2D eigenvalue weighted by Gasteiger charge is -2.20. The van der Waals surface area contributed by atoms with Crippen molar-refractivity contribution in [3.63, 3.8) is 0 Å². The van der Waals surface area contributed by atoms with Crippen LogP contribution in [0.1, 0.15) is 17.3 Å². The van der Waals surface area contributed by atoms with Gasteiger partial charge in [-0.05, 0) is 25.1 Å². The van der Waals surface area contributed by atoms with E-state index in [1.165, 1.54) is 4.90 Å².